The molecule has 6 nitrogen and oxygen atoms in total. The molecule has 0 bridgehead atoms. The number of nitrogens with one attached hydrogen (secondary N) is 1. The molecule has 0 fully saturated rings. The average molecular weight is 333 g/mol. The third kappa shape index (κ3) is 5.07. The highest BCUT2D eigenvalue weighted by Gasteiger charge is 2.09. The van der Waals surface area contributed by atoms with Crippen molar-refractivity contribution in [1.82, 2.24) is 15.2 Å². The fraction of sp³-hybridized carbons (Fsp3) is 0.312. The van der Waals surface area contributed by atoms with Gasteiger partial charge in [-0.3, -0.25) is 9.59 Å². The molecule has 0 aliphatic rings. The standard InChI is InChI=1S/C16H19N3O3S/c1-11-18-13(10-23-11)9-22-14-6-4-12(5-7-14)16(21)17-8-15(20)19(2)3/h4-7,10H,8-9H2,1-3H3,(H,17,21). The highest BCUT2D eigenvalue weighted by molar-refractivity contribution is 7.09. The molecule has 2 rings (SSSR count). The zero-order valence-corrected chi connectivity index (χ0v) is 14.1. The van der Waals surface area contributed by atoms with E-state index in [-0.39, 0.29) is 18.4 Å². The van der Waals surface area contributed by atoms with E-state index in [9.17, 15) is 9.59 Å². The molecule has 0 radical (unpaired) electrons. The van der Waals surface area contributed by atoms with Gasteiger partial charge >= 0.3 is 0 Å². The monoisotopic (exact) mass is 333 g/mol. The Hall–Kier alpha value is -2.41. The molecule has 2 aromatic rings. The van der Waals surface area contributed by atoms with Crippen LogP contribution in [-0.2, 0) is 11.4 Å². The quantitative estimate of drug-likeness (QED) is 0.876. The molecule has 122 valence electrons. The average Bonchev–Trinajstić information content (AvgIpc) is 2.96. The van der Waals surface area contributed by atoms with Crippen molar-refractivity contribution in [3.05, 3.63) is 45.9 Å². The van der Waals surface area contributed by atoms with E-state index in [4.69, 9.17) is 4.74 Å². The van der Waals surface area contributed by atoms with E-state index in [1.807, 2.05) is 12.3 Å². The third-order valence-corrected chi connectivity index (χ3v) is 3.89. The second-order valence-corrected chi connectivity index (χ2v) is 6.20. The van der Waals surface area contributed by atoms with Crippen LogP contribution in [0.15, 0.2) is 29.6 Å². The number of nitrogens with zero attached hydrogens (tertiary/aromatic N) is 2. The van der Waals surface area contributed by atoms with Gasteiger partial charge in [-0.2, -0.15) is 0 Å². The van der Waals surface area contributed by atoms with E-state index < -0.39 is 0 Å². The summed E-state index contributed by atoms with van der Waals surface area (Å²) in [5.74, 6) is 0.218. The van der Waals surface area contributed by atoms with E-state index >= 15 is 0 Å². The van der Waals surface area contributed by atoms with E-state index in [0.29, 0.717) is 17.9 Å². The lowest BCUT2D eigenvalue weighted by molar-refractivity contribution is -0.127. The van der Waals surface area contributed by atoms with Crippen LogP contribution in [0.5, 0.6) is 5.75 Å². The van der Waals surface area contributed by atoms with Crippen molar-refractivity contribution in [1.29, 1.82) is 0 Å². The van der Waals surface area contributed by atoms with Crippen molar-refractivity contribution in [2.24, 2.45) is 0 Å². The number of amides is 2. The van der Waals surface area contributed by atoms with Crippen LogP contribution in [0.1, 0.15) is 21.1 Å². The molecular formula is C16H19N3O3S. The Morgan fingerprint density at radius 3 is 2.52 bits per heavy atom. The van der Waals surface area contributed by atoms with Crippen LogP contribution in [-0.4, -0.2) is 42.3 Å². The third-order valence-electron chi connectivity index (χ3n) is 3.07. The molecule has 1 aromatic heterocycles. The van der Waals surface area contributed by atoms with E-state index in [1.165, 1.54) is 4.90 Å². The summed E-state index contributed by atoms with van der Waals surface area (Å²) in [5, 5.41) is 5.54. The fourth-order valence-corrected chi connectivity index (χ4v) is 2.35. The van der Waals surface area contributed by atoms with Crippen LogP contribution in [0, 0.1) is 6.92 Å². The van der Waals surface area contributed by atoms with Gasteiger partial charge < -0.3 is 15.0 Å². The maximum absolute atomic E-state index is 11.9. The Kier molecular flexibility index (Phi) is 5.70. The topological polar surface area (TPSA) is 71.5 Å². The number of rotatable bonds is 6. The van der Waals surface area contributed by atoms with Crippen molar-refractivity contribution < 1.29 is 14.3 Å². The first-order chi connectivity index (χ1) is 11.0. The van der Waals surface area contributed by atoms with Crippen molar-refractivity contribution in [2.75, 3.05) is 20.6 Å². The lowest BCUT2D eigenvalue weighted by atomic mass is 10.2. The highest BCUT2D eigenvalue weighted by atomic mass is 32.1. The maximum atomic E-state index is 11.9. The lowest BCUT2D eigenvalue weighted by Gasteiger charge is -2.11. The summed E-state index contributed by atoms with van der Waals surface area (Å²) in [6.45, 7) is 2.32. The number of benzene rings is 1. The zero-order chi connectivity index (χ0) is 16.8. The van der Waals surface area contributed by atoms with Gasteiger partial charge in [0.05, 0.1) is 17.2 Å². The Balaban J connectivity index is 1.86. The first-order valence-corrected chi connectivity index (χ1v) is 7.96. The number of likely N-dealkylation sites (N-methyl/N-ethyl adjacent to an activating group) is 1. The Morgan fingerprint density at radius 1 is 1.26 bits per heavy atom. The number of carbonyl (C=O) groups excluding carboxylic acids is 2. The van der Waals surface area contributed by atoms with Crippen molar-refractivity contribution >= 4 is 23.2 Å². The predicted molar refractivity (Wildman–Crippen MR) is 88.7 cm³/mol. The first-order valence-electron chi connectivity index (χ1n) is 7.08. The largest absolute Gasteiger partial charge is 0.487 e. The number of ether oxygens (including phenoxy) is 1. The molecule has 23 heavy (non-hydrogen) atoms. The maximum Gasteiger partial charge on any atom is 0.251 e. The van der Waals surface area contributed by atoms with Gasteiger partial charge in [-0.1, -0.05) is 0 Å². The molecule has 2 amide bonds. The number of aromatic nitrogens is 1. The van der Waals surface area contributed by atoms with E-state index in [1.54, 1.807) is 49.7 Å². The summed E-state index contributed by atoms with van der Waals surface area (Å²) in [7, 11) is 3.29. The minimum atomic E-state index is -0.290. The molecule has 0 aliphatic heterocycles. The molecule has 0 spiro atoms. The van der Waals surface area contributed by atoms with E-state index in [0.717, 1.165) is 10.7 Å². The molecule has 1 aromatic carbocycles. The Bertz CT molecular complexity index is 680. The van der Waals surface area contributed by atoms with Crippen molar-refractivity contribution in [3.8, 4) is 5.75 Å². The fourth-order valence-electron chi connectivity index (χ4n) is 1.75. The smallest absolute Gasteiger partial charge is 0.251 e. The normalized spacial score (nSPS) is 10.2. The summed E-state index contributed by atoms with van der Waals surface area (Å²) >= 11 is 1.58. The zero-order valence-electron chi connectivity index (χ0n) is 13.3. The van der Waals surface area contributed by atoms with Gasteiger partial charge in [0.25, 0.3) is 5.91 Å². The van der Waals surface area contributed by atoms with Gasteiger partial charge in [0.2, 0.25) is 5.91 Å². The first kappa shape index (κ1) is 17.0. The molecule has 0 unspecified atom stereocenters. The molecule has 0 atom stereocenters. The summed E-state index contributed by atoms with van der Waals surface area (Å²) in [6.07, 6.45) is 0. The second-order valence-electron chi connectivity index (χ2n) is 5.14. The Labute approximate surface area is 139 Å². The van der Waals surface area contributed by atoms with Crippen LogP contribution < -0.4 is 10.1 Å². The van der Waals surface area contributed by atoms with Crippen molar-refractivity contribution in [3.63, 3.8) is 0 Å². The van der Waals surface area contributed by atoms with Crippen LogP contribution >= 0.6 is 11.3 Å². The molecule has 0 saturated carbocycles. The summed E-state index contributed by atoms with van der Waals surface area (Å²) in [6, 6.07) is 6.78. The van der Waals surface area contributed by atoms with Gasteiger partial charge in [0.15, 0.2) is 0 Å². The highest BCUT2D eigenvalue weighted by Crippen LogP contribution is 2.15. The molecular weight excluding hydrogens is 314 g/mol. The number of carbonyl (C=O) groups is 2. The van der Waals surface area contributed by atoms with Gasteiger partial charge in [0.1, 0.15) is 12.4 Å². The summed E-state index contributed by atoms with van der Waals surface area (Å²) in [4.78, 5) is 29.1. The Morgan fingerprint density at radius 2 is 1.96 bits per heavy atom. The van der Waals surface area contributed by atoms with Crippen LogP contribution in [0.3, 0.4) is 0 Å². The van der Waals surface area contributed by atoms with Gasteiger partial charge in [0, 0.05) is 25.0 Å². The van der Waals surface area contributed by atoms with Crippen LogP contribution in [0.4, 0.5) is 0 Å². The minimum Gasteiger partial charge on any atom is -0.487 e. The number of aryl methyl sites for hydroxylation is 1. The van der Waals surface area contributed by atoms with Gasteiger partial charge in [-0.25, -0.2) is 4.98 Å². The molecule has 0 aliphatic carbocycles. The van der Waals surface area contributed by atoms with Crippen molar-refractivity contribution in [2.45, 2.75) is 13.5 Å². The SMILES string of the molecule is Cc1nc(COc2ccc(C(=O)NCC(=O)N(C)C)cc2)cs1. The van der Waals surface area contributed by atoms with E-state index in [2.05, 4.69) is 10.3 Å². The second kappa shape index (κ2) is 7.73. The van der Waals surface area contributed by atoms with Crippen LogP contribution in [0.25, 0.3) is 0 Å². The predicted octanol–water partition coefficient (Wildman–Crippen LogP) is 1.85. The molecule has 0 saturated heterocycles. The molecule has 1 heterocycles. The van der Waals surface area contributed by atoms with Gasteiger partial charge in [-0.15, -0.1) is 11.3 Å². The van der Waals surface area contributed by atoms with Gasteiger partial charge in [-0.05, 0) is 31.2 Å². The van der Waals surface area contributed by atoms with Crippen LogP contribution in [0.2, 0.25) is 0 Å². The lowest BCUT2D eigenvalue weighted by Crippen LogP contribution is -2.36. The minimum absolute atomic E-state index is 0.0206. The molecule has 1 N–H and O–H groups in total. The number of hydrogen-bond donors (Lipinski definition) is 1. The number of hydrogen-bond acceptors (Lipinski definition) is 5. The summed E-state index contributed by atoms with van der Waals surface area (Å²) < 4.78 is 5.62. The number of thiazole rings is 1. The molecule has 7 heteroatoms. The summed E-state index contributed by atoms with van der Waals surface area (Å²) in [5.41, 5.74) is 1.37.